The van der Waals surface area contributed by atoms with Crippen LogP contribution in [0.3, 0.4) is 0 Å². The summed E-state index contributed by atoms with van der Waals surface area (Å²) in [6.45, 7) is 1.98. The topological polar surface area (TPSA) is 68.3 Å². The van der Waals surface area contributed by atoms with Crippen LogP contribution in [0.4, 0.5) is 0 Å². The molecule has 1 heterocycles. The van der Waals surface area contributed by atoms with Gasteiger partial charge in [-0.2, -0.15) is 0 Å². The van der Waals surface area contributed by atoms with E-state index < -0.39 is 0 Å². The molecule has 3 aliphatic rings. The fourth-order valence-corrected chi connectivity index (χ4v) is 4.88. The number of carbonyl (C=O) groups excluding carboxylic acids is 2. The van der Waals surface area contributed by atoms with Gasteiger partial charge in [0.25, 0.3) is 5.91 Å². The molecule has 1 aromatic carbocycles. The normalized spacial score (nSPS) is 24.2. The van der Waals surface area contributed by atoms with Crippen LogP contribution >= 0.6 is 23.2 Å². The summed E-state index contributed by atoms with van der Waals surface area (Å²) >= 11 is 11.8. The number of hydrogen-bond acceptors (Lipinski definition) is 4. The van der Waals surface area contributed by atoms with Crippen LogP contribution in [0.1, 0.15) is 48.7 Å². The average Bonchev–Trinajstić information content (AvgIpc) is 2.66. The highest BCUT2D eigenvalue weighted by Crippen LogP contribution is 2.69. The Labute approximate surface area is 179 Å². The Bertz CT molecular complexity index is 939. The molecule has 0 spiro atoms. The number of amides is 1. The van der Waals surface area contributed by atoms with Gasteiger partial charge in [-0.3, -0.25) is 14.6 Å². The Balaban J connectivity index is 1.23. The van der Waals surface area contributed by atoms with E-state index in [2.05, 4.69) is 17.2 Å². The van der Waals surface area contributed by atoms with Crippen LogP contribution in [0.25, 0.3) is 0 Å². The van der Waals surface area contributed by atoms with Crippen molar-refractivity contribution in [2.45, 2.75) is 44.6 Å². The molecule has 7 heteroatoms. The van der Waals surface area contributed by atoms with Crippen molar-refractivity contribution in [2.75, 3.05) is 6.61 Å². The second-order valence-electron chi connectivity index (χ2n) is 8.23. The first kappa shape index (κ1) is 20.2. The van der Waals surface area contributed by atoms with Crippen LogP contribution in [0.5, 0.6) is 5.75 Å². The molecule has 2 aromatic rings. The third kappa shape index (κ3) is 4.12. The van der Waals surface area contributed by atoms with Crippen molar-refractivity contribution in [1.29, 1.82) is 0 Å². The molecule has 0 saturated heterocycles. The number of aryl methyl sites for hydroxylation is 1. The Hall–Kier alpha value is -2.11. The minimum atomic E-state index is -0.183. The number of rotatable bonds is 8. The number of pyridine rings is 1. The maximum Gasteiger partial charge on any atom is 0.258 e. The average molecular weight is 433 g/mol. The van der Waals surface area contributed by atoms with Crippen LogP contribution in [-0.4, -0.2) is 28.8 Å². The summed E-state index contributed by atoms with van der Waals surface area (Å²) in [5.41, 5.74) is 1.48. The molecule has 152 valence electrons. The van der Waals surface area contributed by atoms with E-state index in [0.29, 0.717) is 27.9 Å². The van der Waals surface area contributed by atoms with E-state index in [0.717, 1.165) is 31.2 Å². The molecule has 5 rings (SSSR count). The zero-order valence-corrected chi connectivity index (χ0v) is 17.6. The first-order valence-corrected chi connectivity index (χ1v) is 10.4. The summed E-state index contributed by atoms with van der Waals surface area (Å²) in [4.78, 5) is 29.0. The van der Waals surface area contributed by atoms with Crippen molar-refractivity contribution in [3.8, 4) is 5.75 Å². The molecule has 3 saturated carbocycles. The summed E-state index contributed by atoms with van der Waals surface area (Å²) in [5.74, 6) is 0.401. The molecule has 0 unspecified atom stereocenters. The summed E-state index contributed by atoms with van der Waals surface area (Å²) < 4.78 is 5.48. The van der Waals surface area contributed by atoms with E-state index in [1.165, 1.54) is 0 Å². The molecule has 1 aromatic heterocycles. The number of nitrogens with one attached hydrogen (secondary N) is 1. The first-order valence-electron chi connectivity index (χ1n) is 9.69. The minimum Gasteiger partial charge on any atom is -0.484 e. The SMILES string of the molecule is CCc1ccc(C(=O)CC23CC(NC(=O)COc4ccc(Cl)c(Cl)c4)(C2)C3)nc1. The predicted octanol–water partition coefficient (Wildman–Crippen LogP) is 4.64. The van der Waals surface area contributed by atoms with Gasteiger partial charge < -0.3 is 10.1 Å². The number of benzene rings is 1. The van der Waals surface area contributed by atoms with Crippen LogP contribution < -0.4 is 10.1 Å². The van der Waals surface area contributed by atoms with Gasteiger partial charge in [0.1, 0.15) is 11.4 Å². The zero-order valence-electron chi connectivity index (χ0n) is 16.1. The van der Waals surface area contributed by atoms with Crippen molar-refractivity contribution in [3.63, 3.8) is 0 Å². The van der Waals surface area contributed by atoms with Crippen molar-refractivity contribution in [2.24, 2.45) is 5.41 Å². The standard InChI is InChI=1S/C22H22Cl2N2O3/c1-2-14-3-6-18(25-9-14)19(27)8-21-11-22(12-21,13-21)26-20(28)10-29-15-4-5-16(23)17(24)7-15/h3-7,9H,2,8,10-13H2,1H3,(H,26,28). The number of ether oxygens (including phenoxy) is 1. The lowest BCUT2D eigenvalue weighted by Gasteiger charge is -2.70. The van der Waals surface area contributed by atoms with E-state index in [-0.39, 0.29) is 29.3 Å². The van der Waals surface area contributed by atoms with Crippen molar-refractivity contribution >= 4 is 34.9 Å². The van der Waals surface area contributed by atoms with E-state index in [1.54, 1.807) is 24.4 Å². The lowest BCUT2D eigenvalue weighted by Crippen LogP contribution is -2.75. The second-order valence-corrected chi connectivity index (χ2v) is 9.04. The fraction of sp³-hybridized carbons (Fsp3) is 0.409. The van der Waals surface area contributed by atoms with Crippen molar-refractivity contribution in [3.05, 3.63) is 57.8 Å². The molecular formula is C22H22Cl2N2O3. The van der Waals surface area contributed by atoms with E-state index in [9.17, 15) is 9.59 Å². The molecule has 1 N–H and O–H groups in total. The van der Waals surface area contributed by atoms with Gasteiger partial charge in [0, 0.05) is 24.2 Å². The monoisotopic (exact) mass is 432 g/mol. The van der Waals surface area contributed by atoms with E-state index >= 15 is 0 Å². The summed E-state index contributed by atoms with van der Waals surface area (Å²) in [6, 6.07) is 8.65. The maximum absolute atomic E-state index is 12.5. The Morgan fingerprint density at radius 3 is 2.52 bits per heavy atom. The highest BCUT2D eigenvalue weighted by molar-refractivity contribution is 6.42. The Kier molecular flexibility index (Phi) is 5.30. The van der Waals surface area contributed by atoms with Gasteiger partial charge in [-0.25, -0.2) is 0 Å². The molecule has 0 radical (unpaired) electrons. The first-order chi connectivity index (χ1) is 13.8. The fourth-order valence-electron chi connectivity index (χ4n) is 4.60. The lowest BCUT2D eigenvalue weighted by atomic mass is 9.38. The number of nitrogens with zero attached hydrogens (tertiary/aromatic N) is 1. The number of ketones is 1. The second kappa shape index (κ2) is 7.62. The van der Waals surface area contributed by atoms with Gasteiger partial charge >= 0.3 is 0 Å². The number of hydrogen-bond donors (Lipinski definition) is 1. The molecule has 3 fully saturated rings. The van der Waals surface area contributed by atoms with Crippen molar-refractivity contribution < 1.29 is 14.3 Å². The highest BCUT2D eigenvalue weighted by atomic mass is 35.5. The molecular weight excluding hydrogens is 411 g/mol. The van der Waals surface area contributed by atoms with Crippen LogP contribution in [-0.2, 0) is 11.2 Å². The molecule has 1 amide bonds. The van der Waals surface area contributed by atoms with Gasteiger partial charge in [0.05, 0.1) is 10.0 Å². The van der Waals surface area contributed by atoms with Gasteiger partial charge in [-0.05, 0) is 54.9 Å². The van der Waals surface area contributed by atoms with Crippen molar-refractivity contribution in [1.82, 2.24) is 10.3 Å². The molecule has 2 bridgehead atoms. The van der Waals surface area contributed by atoms with Gasteiger partial charge in [-0.15, -0.1) is 0 Å². The third-order valence-electron chi connectivity index (χ3n) is 5.86. The van der Waals surface area contributed by atoms with E-state index in [1.807, 2.05) is 12.1 Å². The smallest absolute Gasteiger partial charge is 0.258 e. The van der Waals surface area contributed by atoms with Crippen LogP contribution in [0.2, 0.25) is 10.0 Å². The Morgan fingerprint density at radius 2 is 1.90 bits per heavy atom. The van der Waals surface area contributed by atoms with E-state index in [4.69, 9.17) is 27.9 Å². The molecule has 3 aliphatic carbocycles. The highest BCUT2D eigenvalue weighted by Gasteiger charge is 2.68. The maximum atomic E-state index is 12.5. The van der Waals surface area contributed by atoms with Crippen LogP contribution in [0.15, 0.2) is 36.5 Å². The van der Waals surface area contributed by atoms with Crippen LogP contribution in [0, 0.1) is 5.41 Å². The van der Waals surface area contributed by atoms with Gasteiger partial charge in [-0.1, -0.05) is 36.2 Å². The number of aromatic nitrogens is 1. The third-order valence-corrected chi connectivity index (χ3v) is 6.60. The largest absolute Gasteiger partial charge is 0.484 e. The lowest BCUT2D eigenvalue weighted by molar-refractivity contribution is -0.164. The number of Topliss-reactive ketones (excluding diaryl/α,β-unsaturated/α-hetero) is 1. The zero-order chi connectivity index (χ0) is 20.6. The quantitative estimate of drug-likeness (QED) is 0.616. The number of halogens is 2. The Morgan fingerprint density at radius 1 is 1.14 bits per heavy atom. The predicted molar refractivity (Wildman–Crippen MR) is 112 cm³/mol. The molecule has 29 heavy (non-hydrogen) atoms. The summed E-state index contributed by atoms with van der Waals surface area (Å²) in [5, 5.41) is 3.88. The number of carbonyl (C=O) groups is 2. The molecule has 5 nitrogen and oxygen atoms in total. The molecule has 0 atom stereocenters. The molecule has 0 aliphatic heterocycles. The summed E-state index contributed by atoms with van der Waals surface area (Å²) in [6.07, 6.45) is 5.65. The minimum absolute atomic E-state index is 0.0139. The van der Waals surface area contributed by atoms with Gasteiger partial charge in [0.2, 0.25) is 0 Å². The van der Waals surface area contributed by atoms with Gasteiger partial charge in [0.15, 0.2) is 12.4 Å². The summed E-state index contributed by atoms with van der Waals surface area (Å²) in [7, 11) is 0.